The first-order valence-electron chi connectivity index (χ1n) is 11.1. The number of hydrogen-bond donors (Lipinski definition) is 1. The summed E-state index contributed by atoms with van der Waals surface area (Å²) in [6.45, 7) is 4.59. The van der Waals surface area contributed by atoms with Gasteiger partial charge in [0.1, 0.15) is 12.2 Å². The van der Waals surface area contributed by atoms with E-state index < -0.39 is 17.8 Å². The first-order valence-corrected chi connectivity index (χ1v) is 12.3. The van der Waals surface area contributed by atoms with Crippen LogP contribution < -0.4 is 19.7 Å². The lowest BCUT2D eigenvalue weighted by atomic mass is 10.1. The topological polar surface area (TPSA) is 84.9 Å². The summed E-state index contributed by atoms with van der Waals surface area (Å²) in [4.78, 5) is 39.1. The van der Waals surface area contributed by atoms with Gasteiger partial charge < -0.3 is 9.47 Å². The molecule has 7 nitrogen and oxygen atoms in total. The van der Waals surface area contributed by atoms with Gasteiger partial charge in [0.05, 0.1) is 12.3 Å². The number of ether oxygens (including phenoxy) is 2. The van der Waals surface area contributed by atoms with Gasteiger partial charge in [-0.3, -0.25) is 14.9 Å². The molecule has 0 bridgehead atoms. The minimum absolute atomic E-state index is 0.207. The molecule has 0 aliphatic carbocycles. The van der Waals surface area contributed by atoms with E-state index in [0.29, 0.717) is 39.8 Å². The van der Waals surface area contributed by atoms with Crippen LogP contribution >= 0.6 is 27.5 Å². The summed E-state index contributed by atoms with van der Waals surface area (Å²) in [5, 5.41) is 2.66. The largest absolute Gasteiger partial charge is 0.490 e. The molecule has 9 heteroatoms. The molecule has 0 aromatic heterocycles. The fourth-order valence-electron chi connectivity index (χ4n) is 3.53. The van der Waals surface area contributed by atoms with Crippen molar-refractivity contribution in [3.8, 4) is 11.5 Å². The van der Waals surface area contributed by atoms with Crippen LogP contribution in [0.5, 0.6) is 11.5 Å². The molecule has 0 unspecified atom stereocenters. The highest BCUT2D eigenvalue weighted by Gasteiger charge is 2.37. The van der Waals surface area contributed by atoms with Crippen LogP contribution in [-0.2, 0) is 16.2 Å². The van der Waals surface area contributed by atoms with Crippen molar-refractivity contribution in [1.29, 1.82) is 0 Å². The summed E-state index contributed by atoms with van der Waals surface area (Å²) >= 11 is 9.42. The number of nitrogens with one attached hydrogen (secondary N) is 1. The van der Waals surface area contributed by atoms with Gasteiger partial charge >= 0.3 is 6.03 Å². The first-order chi connectivity index (χ1) is 17.3. The average molecular weight is 570 g/mol. The van der Waals surface area contributed by atoms with Crippen LogP contribution in [0.25, 0.3) is 6.08 Å². The molecule has 4 amide bonds. The molecule has 4 rings (SSSR count). The number of carbonyl (C=O) groups excluding carboxylic acids is 3. The molecule has 3 aromatic rings. The zero-order valence-corrected chi connectivity index (χ0v) is 21.9. The third kappa shape index (κ3) is 5.61. The van der Waals surface area contributed by atoms with Gasteiger partial charge in [-0.1, -0.05) is 57.4 Å². The van der Waals surface area contributed by atoms with E-state index >= 15 is 0 Å². The van der Waals surface area contributed by atoms with E-state index in [9.17, 15) is 14.4 Å². The lowest BCUT2D eigenvalue weighted by molar-refractivity contribution is -0.122. The minimum Gasteiger partial charge on any atom is -0.490 e. The second kappa shape index (κ2) is 11.0. The lowest BCUT2D eigenvalue weighted by Gasteiger charge is -2.26. The van der Waals surface area contributed by atoms with Gasteiger partial charge in [-0.15, -0.1) is 0 Å². The Bertz CT molecular complexity index is 1350. The number of imide groups is 2. The molecule has 1 N–H and O–H groups in total. The number of rotatable bonds is 7. The smallest absolute Gasteiger partial charge is 0.335 e. The number of hydrogen-bond acceptors (Lipinski definition) is 5. The van der Waals surface area contributed by atoms with Gasteiger partial charge in [-0.25, -0.2) is 9.69 Å². The van der Waals surface area contributed by atoms with E-state index in [1.54, 1.807) is 24.3 Å². The third-order valence-electron chi connectivity index (χ3n) is 5.36. The molecule has 1 aliphatic heterocycles. The highest BCUT2D eigenvalue weighted by atomic mass is 79.9. The Morgan fingerprint density at radius 1 is 0.972 bits per heavy atom. The molecule has 1 aliphatic rings. The van der Waals surface area contributed by atoms with E-state index in [1.165, 1.54) is 18.2 Å². The number of nitrogens with zero attached hydrogens (tertiary/aromatic N) is 1. The van der Waals surface area contributed by atoms with E-state index in [-0.39, 0.29) is 11.3 Å². The molecule has 3 aromatic carbocycles. The van der Waals surface area contributed by atoms with Crippen molar-refractivity contribution in [3.63, 3.8) is 0 Å². The molecule has 0 spiro atoms. The molecular weight excluding hydrogens is 548 g/mol. The summed E-state index contributed by atoms with van der Waals surface area (Å²) < 4.78 is 12.3. The van der Waals surface area contributed by atoms with E-state index in [2.05, 4.69) is 21.2 Å². The van der Waals surface area contributed by atoms with Crippen LogP contribution in [-0.4, -0.2) is 24.5 Å². The maximum Gasteiger partial charge on any atom is 0.335 e. The van der Waals surface area contributed by atoms with Crippen molar-refractivity contribution < 1.29 is 23.9 Å². The van der Waals surface area contributed by atoms with Crippen LogP contribution in [0.2, 0.25) is 5.02 Å². The monoisotopic (exact) mass is 568 g/mol. The predicted octanol–water partition coefficient (Wildman–Crippen LogP) is 6.06. The number of carbonyl (C=O) groups is 3. The minimum atomic E-state index is -0.835. The Balaban J connectivity index is 1.65. The molecule has 1 heterocycles. The number of urea groups is 1. The number of benzene rings is 3. The molecule has 0 radical (unpaired) electrons. The maximum absolute atomic E-state index is 13.2. The van der Waals surface area contributed by atoms with Gasteiger partial charge in [0.2, 0.25) is 0 Å². The van der Waals surface area contributed by atoms with Crippen molar-refractivity contribution in [2.24, 2.45) is 0 Å². The Kier molecular flexibility index (Phi) is 7.76. The fourth-order valence-corrected chi connectivity index (χ4v) is 4.09. The molecule has 0 atom stereocenters. The number of barbiturate groups is 1. The zero-order chi connectivity index (χ0) is 25.8. The Hall–Kier alpha value is -3.62. The lowest BCUT2D eigenvalue weighted by Crippen LogP contribution is -2.54. The van der Waals surface area contributed by atoms with Crippen LogP contribution in [0.4, 0.5) is 10.5 Å². The molecule has 1 saturated heterocycles. The molecule has 184 valence electrons. The second-order valence-electron chi connectivity index (χ2n) is 7.96. The van der Waals surface area contributed by atoms with Crippen molar-refractivity contribution >= 4 is 57.1 Å². The molecule has 0 saturated carbocycles. The summed E-state index contributed by atoms with van der Waals surface area (Å²) in [6, 6.07) is 16.7. The number of amides is 4. The highest BCUT2D eigenvalue weighted by Crippen LogP contribution is 2.36. The third-order valence-corrected chi connectivity index (χ3v) is 6.30. The number of anilines is 1. The van der Waals surface area contributed by atoms with Gasteiger partial charge in [0.25, 0.3) is 11.8 Å². The van der Waals surface area contributed by atoms with Crippen LogP contribution in [0.15, 0.2) is 70.7 Å². The predicted molar refractivity (Wildman–Crippen MR) is 141 cm³/mol. The molecule has 1 fully saturated rings. The summed E-state index contributed by atoms with van der Waals surface area (Å²) in [5.41, 5.74) is 2.74. The van der Waals surface area contributed by atoms with Crippen molar-refractivity contribution in [2.75, 3.05) is 11.5 Å². The van der Waals surface area contributed by atoms with Crippen LogP contribution in [0.1, 0.15) is 23.6 Å². The number of aryl methyl sites for hydroxylation is 1. The Morgan fingerprint density at radius 2 is 1.64 bits per heavy atom. The van der Waals surface area contributed by atoms with Crippen molar-refractivity contribution in [1.82, 2.24) is 5.32 Å². The van der Waals surface area contributed by atoms with Gasteiger partial charge in [0, 0.05) is 9.50 Å². The average Bonchev–Trinajstić information content (AvgIpc) is 2.84. The van der Waals surface area contributed by atoms with E-state index in [1.807, 2.05) is 38.1 Å². The van der Waals surface area contributed by atoms with Crippen LogP contribution in [0.3, 0.4) is 0 Å². The Labute approximate surface area is 221 Å². The van der Waals surface area contributed by atoms with Crippen LogP contribution in [0, 0.1) is 6.92 Å². The fraction of sp³-hybridized carbons (Fsp3) is 0.148. The molecular formula is C27H22BrClN2O5. The Morgan fingerprint density at radius 3 is 2.31 bits per heavy atom. The quantitative estimate of drug-likeness (QED) is 0.276. The SMILES string of the molecule is CCOc1cc(/C=C2\C(=O)NC(=O)N(c3ccc(Cl)cc3)C2=O)c(Br)cc1OCc1ccc(C)cc1. The zero-order valence-electron chi connectivity index (χ0n) is 19.5. The maximum atomic E-state index is 13.2. The first kappa shape index (κ1) is 25.5. The van der Waals surface area contributed by atoms with E-state index in [0.717, 1.165) is 16.0 Å². The van der Waals surface area contributed by atoms with Crippen molar-refractivity contribution in [3.05, 3.63) is 92.4 Å². The standard InChI is InChI=1S/C27H22BrClN2O5/c1-3-35-23-13-18(22(28)14-24(23)36-15-17-6-4-16(2)5-7-17)12-21-25(32)30-27(34)31(26(21)33)20-10-8-19(29)9-11-20/h4-14H,3,15H2,1-2H3,(H,30,32,34)/b21-12+. The van der Waals surface area contributed by atoms with Gasteiger partial charge in [0.15, 0.2) is 11.5 Å². The van der Waals surface area contributed by atoms with E-state index in [4.69, 9.17) is 21.1 Å². The normalized spacial score (nSPS) is 14.7. The molecule has 36 heavy (non-hydrogen) atoms. The van der Waals surface area contributed by atoms with Crippen molar-refractivity contribution in [2.45, 2.75) is 20.5 Å². The number of halogens is 2. The van der Waals surface area contributed by atoms with Gasteiger partial charge in [-0.05, 0) is 67.4 Å². The second-order valence-corrected chi connectivity index (χ2v) is 9.25. The summed E-state index contributed by atoms with van der Waals surface area (Å²) in [5.74, 6) is -0.590. The van der Waals surface area contributed by atoms with Gasteiger partial charge in [-0.2, -0.15) is 0 Å². The summed E-state index contributed by atoms with van der Waals surface area (Å²) in [6.07, 6.45) is 1.41. The summed E-state index contributed by atoms with van der Waals surface area (Å²) in [7, 11) is 0. The highest BCUT2D eigenvalue weighted by molar-refractivity contribution is 9.10.